The van der Waals surface area contributed by atoms with Gasteiger partial charge in [-0.1, -0.05) is 130 Å². The van der Waals surface area contributed by atoms with Crippen molar-refractivity contribution in [3.8, 4) is 0 Å². The SMILES string of the molecule is CCCCCCCCCCC1C(CC)N1SN1C(CC)C1CCCCCCCCCC. The molecule has 2 aliphatic heterocycles. The molecule has 0 aliphatic carbocycles. The molecule has 2 nitrogen and oxygen atoms in total. The topological polar surface area (TPSA) is 6.02 Å². The minimum Gasteiger partial charge on any atom is -0.228 e. The lowest BCUT2D eigenvalue weighted by Crippen LogP contribution is -2.00. The first-order valence-electron chi connectivity index (χ1n) is 14.5. The summed E-state index contributed by atoms with van der Waals surface area (Å²) >= 11 is 2.13. The normalized spacial score (nSPS) is 29.4. The molecule has 0 aromatic carbocycles. The zero-order valence-electron chi connectivity index (χ0n) is 21.8. The Labute approximate surface area is 200 Å². The average Bonchev–Trinajstić information content (AvgIpc) is 3.66. The number of hydrogen-bond acceptors (Lipinski definition) is 3. The third kappa shape index (κ3) is 10.4. The molecule has 0 saturated carbocycles. The van der Waals surface area contributed by atoms with E-state index in [4.69, 9.17) is 0 Å². The lowest BCUT2D eigenvalue weighted by atomic mass is 10.1. The molecule has 6 atom stereocenters. The van der Waals surface area contributed by atoms with E-state index in [9.17, 15) is 0 Å². The highest BCUT2D eigenvalue weighted by Crippen LogP contribution is 2.50. The minimum atomic E-state index is 0.858. The highest BCUT2D eigenvalue weighted by molar-refractivity contribution is 7.95. The summed E-state index contributed by atoms with van der Waals surface area (Å²) in [6.07, 6.45) is 28.6. The van der Waals surface area contributed by atoms with Crippen LogP contribution in [0.3, 0.4) is 0 Å². The molecular formula is C28H56N2S. The van der Waals surface area contributed by atoms with Gasteiger partial charge in [0, 0.05) is 36.3 Å². The smallest absolute Gasteiger partial charge is 0.0383 e. The van der Waals surface area contributed by atoms with Crippen molar-refractivity contribution >= 4 is 12.1 Å². The van der Waals surface area contributed by atoms with Crippen LogP contribution in [0, 0.1) is 0 Å². The Morgan fingerprint density at radius 2 is 0.742 bits per heavy atom. The molecule has 2 heterocycles. The van der Waals surface area contributed by atoms with Crippen molar-refractivity contribution in [1.82, 2.24) is 8.61 Å². The van der Waals surface area contributed by atoms with Gasteiger partial charge in [-0.05, 0) is 25.7 Å². The Kier molecular flexibility index (Phi) is 14.9. The van der Waals surface area contributed by atoms with E-state index >= 15 is 0 Å². The highest BCUT2D eigenvalue weighted by atomic mass is 32.2. The molecule has 0 aromatic rings. The van der Waals surface area contributed by atoms with Crippen LogP contribution in [-0.2, 0) is 0 Å². The largest absolute Gasteiger partial charge is 0.228 e. The van der Waals surface area contributed by atoms with Gasteiger partial charge in [-0.3, -0.25) is 0 Å². The van der Waals surface area contributed by atoms with Crippen molar-refractivity contribution < 1.29 is 0 Å². The summed E-state index contributed by atoms with van der Waals surface area (Å²) in [6, 6.07) is 3.46. The van der Waals surface area contributed by atoms with Crippen LogP contribution in [-0.4, -0.2) is 32.8 Å². The van der Waals surface area contributed by atoms with Crippen LogP contribution in [0.25, 0.3) is 0 Å². The predicted octanol–water partition coefficient (Wildman–Crippen LogP) is 9.54. The lowest BCUT2D eigenvalue weighted by molar-refractivity contribution is 0.550. The molecule has 0 radical (unpaired) electrons. The van der Waals surface area contributed by atoms with Crippen LogP contribution in [0.5, 0.6) is 0 Å². The Balaban J connectivity index is 1.52. The van der Waals surface area contributed by atoms with Crippen molar-refractivity contribution in [2.45, 2.75) is 180 Å². The van der Waals surface area contributed by atoms with Crippen molar-refractivity contribution in [3.05, 3.63) is 0 Å². The standard InChI is InChI=1S/C28H56N2S/c1-5-9-11-13-15-17-19-21-23-27-25(7-3)29(27)31-30-26(8-4)28(30)24-22-20-18-16-14-12-10-6-2/h25-28H,5-24H2,1-4H3. The first-order chi connectivity index (χ1) is 15.3. The Morgan fingerprint density at radius 1 is 0.419 bits per heavy atom. The molecule has 2 aliphatic rings. The zero-order valence-corrected chi connectivity index (χ0v) is 22.6. The second-order valence-corrected chi connectivity index (χ2v) is 11.4. The van der Waals surface area contributed by atoms with Gasteiger partial charge in [0.15, 0.2) is 0 Å². The second kappa shape index (κ2) is 16.8. The van der Waals surface area contributed by atoms with Crippen LogP contribution in [0.4, 0.5) is 0 Å². The maximum atomic E-state index is 2.76. The minimum absolute atomic E-state index is 0.858. The summed E-state index contributed by atoms with van der Waals surface area (Å²) in [5.74, 6) is 0. The van der Waals surface area contributed by atoms with Gasteiger partial charge >= 0.3 is 0 Å². The summed E-state index contributed by atoms with van der Waals surface area (Å²) in [5, 5.41) is 0. The fourth-order valence-corrected chi connectivity index (χ4v) is 7.15. The summed E-state index contributed by atoms with van der Waals surface area (Å²) < 4.78 is 5.52. The average molecular weight is 453 g/mol. The van der Waals surface area contributed by atoms with E-state index < -0.39 is 0 Å². The maximum absolute atomic E-state index is 2.76. The highest BCUT2D eigenvalue weighted by Gasteiger charge is 2.54. The predicted molar refractivity (Wildman–Crippen MR) is 141 cm³/mol. The van der Waals surface area contributed by atoms with Gasteiger partial charge in [-0.2, -0.15) is 0 Å². The first-order valence-corrected chi connectivity index (χ1v) is 15.3. The maximum Gasteiger partial charge on any atom is 0.0383 e. The van der Waals surface area contributed by atoms with Crippen LogP contribution in [0.1, 0.15) is 156 Å². The molecular weight excluding hydrogens is 396 g/mol. The van der Waals surface area contributed by atoms with Crippen molar-refractivity contribution in [2.24, 2.45) is 0 Å². The van der Waals surface area contributed by atoms with Crippen molar-refractivity contribution in [1.29, 1.82) is 0 Å². The zero-order chi connectivity index (χ0) is 22.3. The van der Waals surface area contributed by atoms with Gasteiger partial charge in [0.25, 0.3) is 0 Å². The molecule has 184 valence electrons. The quantitative estimate of drug-likeness (QED) is 0.0916. The Bertz CT molecular complexity index is 391. The third-order valence-corrected chi connectivity index (χ3v) is 9.21. The van der Waals surface area contributed by atoms with E-state index in [2.05, 4.69) is 48.4 Å². The van der Waals surface area contributed by atoms with Gasteiger partial charge in [-0.15, -0.1) is 0 Å². The third-order valence-electron chi connectivity index (χ3n) is 7.75. The van der Waals surface area contributed by atoms with Gasteiger partial charge in [0.2, 0.25) is 0 Å². The van der Waals surface area contributed by atoms with E-state index in [0.29, 0.717) is 0 Å². The first kappa shape index (κ1) is 27.5. The van der Waals surface area contributed by atoms with E-state index in [1.54, 1.807) is 0 Å². The lowest BCUT2D eigenvalue weighted by Gasteiger charge is -2.06. The summed E-state index contributed by atoms with van der Waals surface area (Å²) in [6.45, 7) is 9.40. The van der Waals surface area contributed by atoms with E-state index in [1.165, 1.54) is 128 Å². The van der Waals surface area contributed by atoms with Gasteiger partial charge in [0.05, 0.1) is 0 Å². The molecule has 2 fully saturated rings. The van der Waals surface area contributed by atoms with Gasteiger partial charge < -0.3 is 0 Å². The Morgan fingerprint density at radius 3 is 1.06 bits per heavy atom. The molecule has 2 saturated heterocycles. The molecule has 0 amide bonds. The molecule has 3 heteroatoms. The number of nitrogens with zero attached hydrogens (tertiary/aromatic N) is 2. The number of rotatable bonds is 22. The van der Waals surface area contributed by atoms with E-state index in [0.717, 1.165) is 24.2 Å². The van der Waals surface area contributed by atoms with Crippen LogP contribution >= 0.6 is 12.1 Å². The molecule has 0 N–H and O–H groups in total. The van der Waals surface area contributed by atoms with Crippen LogP contribution in [0.15, 0.2) is 0 Å². The van der Waals surface area contributed by atoms with Gasteiger partial charge in [-0.25, -0.2) is 8.61 Å². The van der Waals surface area contributed by atoms with Gasteiger partial charge in [0.1, 0.15) is 0 Å². The molecule has 6 unspecified atom stereocenters. The molecule has 2 rings (SSSR count). The molecule has 0 bridgehead atoms. The summed E-state index contributed by atoms with van der Waals surface area (Å²) in [5.41, 5.74) is 0. The van der Waals surface area contributed by atoms with Crippen molar-refractivity contribution in [2.75, 3.05) is 0 Å². The fourth-order valence-electron chi connectivity index (χ4n) is 5.49. The van der Waals surface area contributed by atoms with Crippen LogP contribution < -0.4 is 0 Å². The molecule has 0 aromatic heterocycles. The molecule has 31 heavy (non-hydrogen) atoms. The number of hydrogen-bond donors (Lipinski definition) is 0. The van der Waals surface area contributed by atoms with Crippen LogP contribution in [0.2, 0.25) is 0 Å². The summed E-state index contributed by atoms with van der Waals surface area (Å²) in [7, 11) is 0. The Hall–Kier alpha value is 0.270. The van der Waals surface area contributed by atoms with Crippen molar-refractivity contribution in [3.63, 3.8) is 0 Å². The van der Waals surface area contributed by atoms with E-state index in [-0.39, 0.29) is 0 Å². The number of unbranched alkanes of at least 4 members (excludes halogenated alkanes) is 14. The summed E-state index contributed by atoms with van der Waals surface area (Å²) in [4.78, 5) is 0. The second-order valence-electron chi connectivity index (χ2n) is 10.4. The van der Waals surface area contributed by atoms with E-state index in [1.807, 2.05) is 0 Å². The fraction of sp³-hybridized carbons (Fsp3) is 1.00. The monoisotopic (exact) mass is 452 g/mol. The molecule has 0 spiro atoms.